The minimum Gasteiger partial charge on any atom is -0.341 e. The number of hydrogen-bond acceptors (Lipinski definition) is 4. The number of fused-ring (bicyclic) bond motifs is 1. The van der Waals surface area contributed by atoms with E-state index in [9.17, 15) is 18.4 Å². The number of imide groups is 1. The highest BCUT2D eigenvalue weighted by Crippen LogP contribution is 2.31. The van der Waals surface area contributed by atoms with Crippen LogP contribution in [0.15, 0.2) is 29.4 Å². The number of amides is 3. The van der Waals surface area contributed by atoms with Crippen molar-refractivity contribution in [2.45, 2.75) is 23.9 Å². The lowest BCUT2D eigenvalue weighted by atomic mass is 10.3. The highest BCUT2D eigenvalue weighted by molar-refractivity contribution is 8.00. The number of hydrogen-bond donors (Lipinski definition) is 2. The number of carbonyl (C=O) groups is 2. The number of benzene rings is 1. The van der Waals surface area contributed by atoms with Gasteiger partial charge in [0.15, 0.2) is 5.16 Å². The van der Waals surface area contributed by atoms with Gasteiger partial charge in [0.25, 0.3) is 0 Å². The molecule has 0 aliphatic carbocycles. The number of urea groups is 1. The number of nitrogens with one attached hydrogen (secondary N) is 2. The molecule has 6 nitrogen and oxygen atoms in total. The number of para-hydroxylation sites is 2. The molecule has 1 aromatic carbocycles. The maximum atomic E-state index is 13.3. The molecule has 1 heterocycles. The molecule has 2 aromatic rings. The number of aromatic nitrogens is 2. The van der Waals surface area contributed by atoms with Crippen LogP contribution in [0.25, 0.3) is 11.0 Å². The van der Waals surface area contributed by atoms with Gasteiger partial charge in [-0.1, -0.05) is 23.9 Å². The second kappa shape index (κ2) is 6.73. The van der Waals surface area contributed by atoms with Crippen LogP contribution >= 0.6 is 11.8 Å². The topological polar surface area (TPSA) is 76.0 Å². The van der Waals surface area contributed by atoms with Gasteiger partial charge in [-0.25, -0.2) is 9.78 Å². The van der Waals surface area contributed by atoms with Crippen LogP contribution in [-0.2, 0) is 4.79 Å². The van der Waals surface area contributed by atoms with E-state index in [1.54, 1.807) is 18.2 Å². The van der Waals surface area contributed by atoms with Crippen molar-refractivity contribution in [3.05, 3.63) is 24.3 Å². The first-order chi connectivity index (χ1) is 10.4. The second-order valence-corrected chi connectivity index (χ2v) is 5.67. The standard InChI is InChI=1S/C13H14F2N4O2S/c1-7(10(20)18-12(21)16-2)22-13-17-8-5-3-4-6-9(8)19(13)11(14)15/h3-7,11H,1-2H3,(H2,16,18,20,21)/t7-/m1/s1. The first kappa shape index (κ1) is 16.2. The summed E-state index contributed by atoms with van der Waals surface area (Å²) in [4.78, 5) is 27.0. The number of nitrogens with zero attached hydrogens (tertiary/aromatic N) is 2. The van der Waals surface area contributed by atoms with Crippen LogP contribution in [0.4, 0.5) is 13.6 Å². The molecule has 3 amide bonds. The van der Waals surface area contributed by atoms with E-state index in [2.05, 4.69) is 15.6 Å². The first-order valence-electron chi connectivity index (χ1n) is 6.38. The molecular weight excluding hydrogens is 314 g/mol. The molecule has 2 N–H and O–H groups in total. The molecule has 1 atom stereocenters. The third-order valence-electron chi connectivity index (χ3n) is 2.87. The number of thioether (sulfide) groups is 1. The van der Waals surface area contributed by atoms with Crippen molar-refractivity contribution in [2.24, 2.45) is 0 Å². The van der Waals surface area contributed by atoms with Crippen molar-refractivity contribution in [3.63, 3.8) is 0 Å². The molecule has 118 valence electrons. The van der Waals surface area contributed by atoms with Crippen LogP contribution in [0.5, 0.6) is 0 Å². The van der Waals surface area contributed by atoms with Crippen molar-refractivity contribution >= 4 is 34.7 Å². The maximum Gasteiger partial charge on any atom is 0.321 e. The van der Waals surface area contributed by atoms with Crippen molar-refractivity contribution in [2.75, 3.05) is 7.05 Å². The van der Waals surface area contributed by atoms with Crippen molar-refractivity contribution < 1.29 is 18.4 Å². The zero-order valence-electron chi connectivity index (χ0n) is 11.8. The molecular formula is C13H14F2N4O2S. The summed E-state index contributed by atoms with van der Waals surface area (Å²) in [6, 6.07) is 5.83. The van der Waals surface area contributed by atoms with Gasteiger partial charge in [-0.2, -0.15) is 8.78 Å². The zero-order chi connectivity index (χ0) is 16.3. The van der Waals surface area contributed by atoms with Gasteiger partial charge in [0.1, 0.15) is 0 Å². The average molecular weight is 328 g/mol. The Kier molecular flexibility index (Phi) is 4.96. The summed E-state index contributed by atoms with van der Waals surface area (Å²) in [5, 5.41) is 3.61. The van der Waals surface area contributed by atoms with Gasteiger partial charge in [0.2, 0.25) is 5.91 Å². The Labute approximate surface area is 129 Å². The number of alkyl halides is 2. The molecule has 0 fully saturated rings. The molecule has 0 aliphatic heterocycles. The lowest BCUT2D eigenvalue weighted by Crippen LogP contribution is -2.41. The molecule has 2 rings (SSSR count). The molecule has 0 aliphatic rings. The summed E-state index contributed by atoms with van der Waals surface area (Å²) in [6.45, 7) is -1.26. The third kappa shape index (κ3) is 3.35. The van der Waals surface area contributed by atoms with Gasteiger partial charge >= 0.3 is 12.6 Å². The van der Waals surface area contributed by atoms with Crippen LogP contribution in [0.2, 0.25) is 0 Å². The fourth-order valence-electron chi connectivity index (χ4n) is 1.78. The fourth-order valence-corrected chi connectivity index (χ4v) is 2.71. The fraction of sp³-hybridized carbons (Fsp3) is 0.308. The summed E-state index contributed by atoms with van der Waals surface area (Å²) in [5.41, 5.74) is 0.711. The Morgan fingerprint density at radius 2 is 2.00 bits per heavy atom. The highest BCUT2D eigenvalue weighted by Gasteiger charge is 2.23. The summed E-state index contributed by atoms with van der Waals surface area (Å²) in [7, 11) is 1.37. The van der Waals surface area contributed by atoms with Gasteiger partial charge < -0.3 is 5.32 Å². The minimum atomic E-state index is -2.77. The second-order valence-electron chi connectivity index (χ2n) is 4.36. The monoisotopic (exact) mass is 328 g/mol. The van der Waals surface area contributed by atoms with E-state index in [1.165, 1.54) is 20.0 Å². The Bertz CT molecular complexity index is 704. The number of imidazole rings is 1. The van der Waals surface area contributed by atoms with Crippen molar-refractivity contribution in [3.8, 4) is 0 Å². The summed E-state index contributed by atoms with van der Waals surface area (Å²) < 4.78 is 27.3. The van der Waals surface area contributed by atoms with E-state index in [0.717, 1.165) is 16.3 Å². The van der Waals surface area contributed by atoms with Crippen LogP contribution in [0, 0.1) is 0 Å². The Morgan fingerprint density at radius 1 is 1.32 bits per heavy atom. The van der Waals surface area contributed by atoms with Gasteiger partial charge in [-0.3, -0.25) is 14.7 Å². The highest BCUT2D eigenvalue weighted by atomic mass is 32.2. The van der Waals surface area contributed by atoms with Crippen molar-refractivity contribution in [1.82, 2.24) is 20.2 Å². The molecule has 0 radical (unpaired) electrons. The third-order valence-corrected chi connectivity index (χ3v) is 3.94. The van der Waals surface area contributed by atoms with Crippen LogP contribution in [0.1, 0.15) is 13.5 Å². The normalized spacial score (nSPS) is 12.4. The predicted molar refractivity (Wildman–Crippen MR) is 78.9 cm³/mol. The van der Waals surface area contributed by atoms with Gasteiger partial charge in [-0.05, 0) is 19.1 Å². The number of carbonyl (C=O) groups excluding carboxylic acids is 2. The Hall–Kier alpha value is -2.16. The maximum absolute atomic E-state index is 13.3. The SMILES string of the molecule is CNC(=O)NC(=O)[C@@H](C)Sc1nc2ccccc2n1C(F)F. The lowest BCUT2D eigenvalue weighted by Gasteiger charge is -2.12. The molecule has 0 unspecified atom stereocenters. The summed E-state index contributed by atoms with van der Waals surface area (Å²) >= 11 is 0.865. The van der Waals surface area contributed by atoms with Gasteiger partial charge in [-0.15, -0.1) is 0 Å². The molecule has 0 saturated heterocycles. The van der Waals surface area contributed by atoms with E-state index in [1.807, 2.05) is 0 Å². The predicted octanol–water partition coefficient (Wildman–Crippen LogP) is 2.37. The number of rotatable bonds is 4. The van der Waals surface area contributed by atoms with E-state index in [0.29, 0.717) is 11.0 Å². The zero-order valence-corrected chi connectivity index (χ0v) is 12.7. The van der Waals surface area contributed by atoms with E-state index >= 15 is 0 Å². The smallest absolute Gasteiger partial charge is 0.321 e. The van der Waals surface area contributed by atoms with E-state index in [-0.39, 0.29) is 5.16 Å². The molecule has 1 aromatic heterocycles. The molecule has 0 spiro atoms. The summed E-state index contributed by atoms with van der Waals surface area (Å²) in [6.07, 6.45) is 0. The van der Waals surface area contributed by atoms with Crippen LogP contribution in [-0.4, -0.2) is 33.8 Å². The van der Waals surface area contributed by atoms with E-state index in [4.69, 9.17) is 0 Å². The number of halogens is 2. The largest absolute Gasteiger partial charge is 0.341 e. The van der Waals surface area contributed by atoms with Gasteiger partial charge in [0.05, 0.1) is 16.3 Å². The summed E-state index contributed by atoms with van der Waals surface area (Å²) in [5.74, 6) is -0.586. The van der Waals surface area contributed by atoms with Crippen LogP contribution < -0.4 is 10.6 Å². The molecule has 22 heavy (non-hydrogen) atoms. The molecule has 0 saturated carbocycles. The lowest BCUT2D eigenvalue weighted by molar-refractivity contribution is -0.119. The molecule has 9 heteroatoms. The average Bonchev–Trinajstić information content (AvgIpc) is 2.84. The van der Waals surface area contributed by atoms with Crippen molar-refractivity contribution in [1.29, 1.82) is 0 Å². The van der Waals surface area contributed by atoms with Gasteiger partial charge in [0, 0.05) is 7.05 Å². The quantitative estimate of drug-likeness (QED) is 0.845. The Morgan fingerprint density at radius 3 is 2.64 bits per heavy atom. The minimum absolute atomic E-state index is 0.0238. The first-order valence-corrected chi connectivity index (χ1v) is 7.26. The molecule has 0 bridgehead atoms. The Balaban J connectivity index is 2.25. The van der Waals surface area contributed by atoms with Crippen LogP contribution in [0.3, 0.4) is 0 Å². The van der Waals surface area contributed by atoms with E-state index < -0.39 is 23.7 Å².